The molecule has 27 heavy (non-hydrogen) atoms. The molecule has 7 nitrogen and oxygen atoms in total. The maximum atomic E-state index is 12.2. The van der Waals surface area contributed by atoms with E-state index in [0.717, 1.165) is 24.2 Å². The van der Waals surface area contributed by atoms with Crippen LogP contribution in [0.4, 0.5) is 5.69 Å². The third kappa shape index (κ3) is 5.08. The number of nitrogens with zero attached hydrogens (tertiary/aromatic N) is 1. The number of benzene rings is 1. The largest absolute Gasteiger partial charge is 0.279 e. The molecule has 0 spiro atoms. The molecule has 0 unspecified atom stereocenters. The molecule has 9 heteroatoms. The second-order valence-corrected chi connectivity index (χ2v) is 8.63. The van der Waals surface area contributed by atoms with Gasteiger partial charge in [0, 0.05) is 21.9 Å². The van der Waals surface area contributed by atoms with E-state index < -0.39 is 4.92 Å². The molecule has 3 rings (SSSR count). The summed E-state index contributed by atoms with van der Waals surface area (Å²) in [5, 5.41) is 10.6. The molecule has 1 aromatic carbocycles. The van der Waals surface area contributed by atoms with Gasteiger partial charge >= 0.3 is 0 Å². The van der Waals surface area contributed by atoms with E-state index >= 15 is 0 Å². The van der Waals surface area contributed by atoms with E-state index in [1.54, 1.807) is 12.1 Å². The molecule has 1 heterocycles. The molecule has 142 valence electrons. The number of nitro benzene ring substituents is 1. The predicted octanol–water partition coefficient (Wildman–Crippen LogP) is 3.33. The zero-order valence-corrected chi connectivity index (χ0v) is 16.3. The van der Waals surface area contributed by atoms with Gasteiger partial charge in [0.1, 0.15) is 0 Å². The van der Waals surface area contributed by atoms with E-state index in [9.17, 15) is 19.7 Å². The number of carbonyl (C=O) groups is 2. The third-order valence-electron chi connectivity index (χ3n) is 4.29. The first kappa shape index (κ1) is 19.4. The number of hydrogen-bond acceptors (Lipinski definition) is 6. The lowest BCUT2D eigenvalue weighted by Gasteiger charge is -2.16. The number of nitro groups is 1. The van der Waals surface area contributed by atoms with Crippen LogP contribution in [-0.4, -0.2) is 22.5 Å². The van der Waals surface area contributed by atoms with Crippen LogP contribution < -0.4 is 10.9 Å². The number of hydrogen-bond donors (Lipinski definition) is 2. The SMILES string of the molecule is C[C@@H]1CCc2sc(C(=O)NNC(=O)CSc3ccc([N+](=O)[O-])cc3)cc2C1. The Balaban J connectivity index is 1.46. The lowest BCUT2D eigenvalue weighted by Crippen LogP contribution is -2.42. The summed E-state index contributed by atoms with van der Waals surface area (Å²) in [4.78, 5) is 36.9. The van der Waals surface area contributed by atoms with Crippen LogP contribution in [0, 0.1) is 16.0 Å². The van der Waals surface area contributed by atoms with E-state index in [4.69, 9.17) is 0 Å². The molecule has 2 N–H and O–H groups in total. The van der Waals surface area contributed by atoms with Gasteiger partial charge in [-0.1, -0.05) is 6.92 Å². The summed E-state index contributed by atoms with van der Waals surface area (Å²) < 4.78 is 0. The summed E-state index contributed by atoms with van der Waals surface area (Å²) in [6, 6.07) is 7.88. The molecule has 1 atom stereocenters. The number of aryl methyl sites for hydroxylation is 1. The van der Waals surface area contributed by atoms with Crippen LogP contribution >= 0.6 is 23.1 Å². The second-order valence-electron chi connectivity index (χ2n) is 6.45. The van der Waals surface area contributed by atoms with Crippen molar-refractivity contribution in [3.63, 3.8) is 0 Å². The minimum absolute atomic E-state index is 0.00380. The summed E-state index contributed by atoms with van der Waals surface area (Å²) >= 11 is 2.72. The Morgan fingerprint density at radius 1 is 1.30 bits per heavy atom. The summed E-state index contributed by atoms with van der Waals surface area (Å²) in [5.41, 5.74) is 6.10. The second kappa shape index (κ2) is 8.53. The van der Waals surface area contributed by atoms with Crippen molar-refractivity contribution in [1.82, 2.24) is 10.9 Å². The van der Waals surface area contributed by atoms with E-state index in [-0.39, 0.29) is 23.3 Å². The van der Waals surface area contributed by atoms with Gasteiger partial charge in [0.25, 0.3) is 11.6 Å². The minimum Gasteiger partial charge on any atom is -0.272 e. The first-order valence-electron chi connectivity index (χ1n) is 8.50. The van der Waals surface area contributed by atoms with Crippen LogP contribution in [0.25, 0.3) is 0 Å². The fraction of sp³-hybridized carbons (Fsp3) is 0.333. The Bertz CT molecular complexity index is 864. The van der Waals surface area contributed by atoms with Gasteiger partial charge in [-0.25, -0.2) is 0 Å². The number of carbonyl (C=O) groups excluding carboxylic acids is 2. The van der Waals surface area contributed by atoms with Crippen LogP contribution in [0.3, 0.4) is 0 Å². The quantitative estimate of drug-likeness (QED) is 0.451. The molecule has 2 amide bonds. The zero-order valence-electron chi connectivity index (χ0n) is 14.7. The van der Waals surface area contributed by atoms with Crippen molar-refractivity contribution in [3.8, 4) is 0 Å². The first-order chi connectivity index (χ1) is 12.9. The van der Waals surface area contributed by atoms with Gasteiger partial charge in [0.2, 0.25) is 5.91 Å². The molecule has 0 bridgehead atoms. The normalized spacial score (nSPS) is 15.7. The summed E-state index contributed by atoms with van der Waals surface area (Å²) in [6.45, 7) is 2.21. The predicted molar refractivity (Wildman–Crippen MR) is 105 cm³/mol. The molecule has 1 aliphatic rings. The van der Waals surface area contributed by atoms with Crippen LogP contribution in [-0.2, 0) is 17.6 Å². The number of thiophene rings is 1. The van der Waals surface area contributed by atoms with Crippen molar-refractivity contribution >= 4 is 40.6 Å². The van der Waals surface area contributed by atoms with E-state index in [0.29, 0.717) is 10.8 Å². The maximum Gasteiger partial charge on any atom is 0.279 e. The zero-order chi connectivity index (χ0) is 19.4. The number of thioether (sulfide) groups is 1. The molecule has 0 saturated heterocycles. The number of fused-ring (bicyclic) bond motifs is 1. The molecule has 2 aromatic rings. The van der Waals surface area contributed by atoms with Gasteiger partial charge in [-0.05, 0) is 48.9 Å². The van der Waals surface area contributed by atoms with E-state index in [1.165, 1.54) is 45.7 Å². The molecule has 0 saturated carbocycles. The Kier molecular flexibility index (Phi) is 6.12. The topological polar surface area (TPSA) is 101 Å². The third-order valence-corrected chi connectivity index (χ3v) is 6.53. The number of nitrogens with one attached hydrogen (secondary N) is 2. The summed E-state index contributed by atoms with van der Waals surface area (Å²) in [7, 11) is 0. The van der Waals surface area contributed by atoms with Gasteiger partial charge in [-0.15, -0.1) is 23.1 Å². The number of hydrazine groups is 1. The molecule has 1 aromatic heterocycles. The first-order valence-corrected chi connectivity index (χ1v) is 10.3. The van der Waals surface area contributed by atoms with Crippen molar-refractivity contribution in [2.45, 2.75) is 31.1 Å². The fourth-order valence-corrected chi connectivity index (χ4v) is 4.66. The van der Waals surface area contributed by atoms with Crippen molar-refractivity contribution in [2.24, 2.45) is 5.92 Å². The molecule has 1 aliphatic carbocycles. The van der Waals surface area contributed by atoms with Gasteiger partial charge in [0.15, 0.2) is 0 Å². The molecule has 0 fully saturated rings. The summed E-state index contributed by atoms with van der Waals surface area (Å²) in [5.74, 6) is 0.0767. The average molecular weight is 406 g/mol. The highest BCUT2D eigenvalue weighted by Crippen LogP contribution is 2.32. The Morgan fingerprint density at radius 3 is 2.74 bits per heavy atom. The number of rotatable bonds is 5. The highest BCUT2D eigenvalue weighted by molar-refractivity contribution is 8.00. The molecule has 0 radical (unpaired) electrons. The van der Waals surface area contributed by atoms with Gasteiger partial charge in [-0.3, -0.25) is 30.6 Å². The van der Waals surface area contributed by atoms with Crippen LogP contribution in [0.1, 0.15) is 33.5 Å². The standard InChI is InChI=1S/C18H19N3O4S2/c1-11-2-7-15-12(8-11)9-16(27-15)18(23)20-19-17(22)10-26-14-5-3-13(4-6-14)21(24)25/h3-6,9,11H,2,7-8,10H2,1H3,(H,19,22)(H,20,23)/t11-/m1/s1. The van der Waals surface area contributed by atoms with Crippen LogP contribution in [0.15, 0.2) is 35.2 Å². The number of amides is 2. The Morgan fingerprint density at radius 2 is 2.04 bits per heavy atom. The summed E-state index contributed by atoms with van der Waals surface area (Å²) in [6.07, 6.45) is 3.15. The van der Waals surface area contributed by atoms with Crippen molar-refractivity contribution in [3.05, 3.63) is 55.8 Å². The lowest BCUT2D eigenvalue weighted by molar-refractivity contribution is -0.384. The monoisotopic (exact) mass is 405 g/mol. The van der Waals surface area contributed by atoms with Crippen LogP contribution in [0.2, 0.25) is 0 Å². The lowest BCUT2D eigenvalue weighted by atomic mass is 9.90. The van der Waals surface area contributed by atoms with Crippen molar-refractivity contribution < 1.29 is 14.5 Å². The van der Waals surface area contributed by atoms with E-state index in [2.05, 4.69) is 17.8 Å². The van der Waals surface area contributed by atoms with Crippen molar-refractivity contribution in [1.29, 1.82) is 0 Å². The highest BCUT2D eigenvalue weighted by Gasteiger charge is 2.20. The van der Waals surface area contributed by atoms with E-state index in [1.807, 2.05) is 6.07 Å². The van der Waals surface area contributed by atoms with Gasteiger partial charge in [0.05, 0.1) is 15.6 Å². The minimum atomic E-state index is -0.472. The van der Waals surface area contributed by atoms with Crippen LogP contribution in [0.5, 0.6) is 0 Å². The smallest absolute Gasteiger partial charge is 0.272 e. The maximum absolute atomic E-state index is 12.2. The Labute approximate surface area is 164 Å². The highest BCUT2D eigenvalue weighted by atomic mass is 32.2. The molecular weight excluding hydrogens is 386 g/mol. The van der Waals surface area contributed by atoms with Gasteiger partial charge in [-0.2, -0.15) is 0 Å². The number of non-ortho nitro benzene ring substituents is 1. The van der Waals surface area contributed by atoms with Gasteiger partial charge < -0.3 is 0 Å². The Hall–Kier alpha value is -2.39. The average Bonchev–Trinajstić information content (AvgIpc) is 3.08. The molecular formula is C18H19N3O4S2. The molecule has 0 aliphatic heterocycles. The van der Waals surface area contributed by atoms with Crippen molar-refractivity contribution in [2.75, 3.05) is 5.75 Å². The fourth-order valence-electron chi connectivity index (χ4n) is 2.85.